The molecule has 0 aliphatic heterocycles. The van der Waals surface area contributed by atoms with Crippen molar-refractivity contribution in [2.24, 2.45) is 0 Å². The van der Waals surface area contributed by atoms with E-state index >= 15 is 0 Å². The van der Waals surface area contributed by atoms with E-state index in [2.05, 4.69) is 23.5 Å². The molecule has 1 atom stereocenters. The summed E-state index contributed by atoms with van der Waals surface area (Å²) >= 11 is 6.25. The number of benzene rings is 1. The molecule has 0 saturated carbocycles. The molecule has 0 heterocycles. The van der Waals surface area contributed by atoms with Gasteiger partial charge in [0.25, 0.3) is 0 Å². The van der Waals surface area contributed by atoms with Crippen molar-refractivity contribution >= 4 is 11.6 Å². The molecule has 1 nitrogen and oxygen atoms in total. The first-order valence-electron chi connectivity index (χ1n) is 6.91. The Morgan fingerprint density at radius 3 is 2.83 bits per heavy atom. The van der Waals surface area contributed by atoms with Crippen molar-refractivity contribution in [1.29, 1.82) is 0 Å². The van der Waals surface area contributed by atoms with Crippen LogP contribution in [0.2, 0.25) is 5.02 Å². The molecule has 0 aromatic heterocycles. The maximum absolute atomic E-state index is 6.25. The van der Waals surface area contributed by atoms with Gasteiger partial charge in [-0.15, -0.1) is 0 Å². The smallest absolute Gasteiger partial charge is 0.0438 e. The third kappa shape index (κ3) is 3.60. The summed E-state index contributed by atoms with van der Waals surface area (Å²) in [6.45, 7) is 0. The third-order valence-electron chi connectivity index (χ3n) is 3.75. The maximum atomic E-state index is 6.25. The van der Waals surface area contributed by atoms with Crippen LogP contribution in [0.15, 0.2) is 35.9 Å². The SMILES string of the molecule is CNC(Cc1ccccc1Cl)C1=CCCCCC1. The van der Waals surface area contributed by atoms with Crippen molar-refractivity contribution in [3.05, 3.63) is 46.5 Å². The molecule has 1 N–H and O–H groups in total. The first kappa shape index (κ1) is 13.6. The molecule has 98 valence electrons. The molecule has 0 fully saturated rings. The van der Waals surface area contributed by atoms with Gasteiger partial charge in [-0.2, -0.15) is 0 Å². The molecule has 18 heavy (non-hydrogen) atoms. The monoisotopic (exact) mass is 263 g/mol. The van der Waals surface area contributed by atoms with Gasteiger partial charge in [-0.25, -0.2) is 0 Å². The Hall–Kier alpha value is -0.790. The Labute approximate surface area is 115 Å². The van der Waals surface area contributed by atoms with Gasteiger partial charge >= 0.3 is 0 Å². The summed E-state index contributed by atoms with van der Waals surface area (Å²) in [5.74, 6) is 0. The second-order valence-corrected chi connectivity index (χ2v) is 5.42. The largest absolute Gasteiger partial charge is 0.313 e. The van der Waals surface area contributed by atoms with Crippen molar-refractivity contribution < 1.29 is 0 Å². The van der Waals surface area contributed by atoms with Crippen molar-refractivity contribution in [2.45, 2.75) is 44.6 Å². The lowest BCUT2D eigenvalue weighted by atomic mass is 9.95. The molecule has 0 bridgehead atoms. The van der Waals surface area contributed by atoms with E-state index in [0.717, 1.165) is 11.4 Å². The zero-order valence-electron chi connectivity index (χ0n) is 11.1. The molecule has 0 amide bonds. The summed E-state index contributed by atoms with van der Waals surface area (Å²) in [7, 11) is 2.05. The van der Waals surface area contributed by atoms with Crippen LogP contribution >= 0.6 is 11.6 Å². The van der Waals surface area contributed by atoms with Crippen molar-refractivity contribution in [3.63, 3.8) is 0 Å². The van der Waals surface area contributed by atoms with Crippen LogP contribution in [0.5, 0.6) is 0 Å². The number of hydrogen-bond donors (Lipinski definition) is 1. The first-order valence-corrected chi connectivity index (χ1v) is 7.28. The minimum absolute atomic E-state index is 0.433. The summed E-state index contributed by atoms with van der Waals surface area (Å²) in [5, 5.41) is 4.33. The average molecular weight is 264 g/mol. The fourth-order valence-electron chi connectivity index (χ4n) is 2.66. The topological polar surface area (TPSA) is 12.0 Å². The van der Waals surface area contributed by atoms with E-state index < -0.39 is 0 Å². The predicted molar refractivity (Wildman–Crippen MR) is 79.2 cm³/mol. The zero-order chi connectivity index (χ0) is 12.8. The lowest BCUT2D eigenvalue weighted by molar-refractivity contribution is 0.597. The molecule has 2 rings (SSSR count). The van der Waals surface area contributed by atoms with Gasteiger partial charge in [0, 0.05) is 11.1 Å². The van der Waals surface area contributed by atoms with Gasteiger partial charge in [0.15, 0.2) is 0 Å². The van der Waals surface area contributed by atoms with Gasteiger partial charge in [0.1, 0.15) is 0 Å². The molecule has 0 radical (unpaired) electrons. The quantitative estimate of drug-likeness (QED) is 0.796. The standard InChI is InChI=1S/C16H22ClN/c1-18-16(13-8-4-2-3-5-9-13)12-14-10-6-7-11-15(14)17/h6-8,10-11,16,18H,2-5,9,12H2,1H3. The van der Waals surface area contributed by atoms with Gasteiger partial charge in [-0.3, -0.25) is 0 Å². The van der Waals surface area contributed by atoms with Crippen LogP contribution in [-0.4, -0.2) is 13.1 Å². The number of nitrogens with one attached hydrogen (secondary N) is 1. The highest BCUT2D eigenvalue weighted by Crippen LogP contribution is 2.24. The molecule has 1 aromatic carbocycles. The van der Waals surface area contributed by atoms with Crippen LogP contribution < -0.4 is 5.32 Å². The second kappa shape index (κ2) is 6.96. The van der Waals surface area contributed by atoms with E-state index in [1.807, 2.05) is 19.2 Å². The Kier molecular flexibility index (Phi) is 5.27. The molecule has 0 spiro atoms. The van der Waals surface area contributed by atoms with Crippen molar-refractivity contribution in [3.8, 4) is 0 Å². The van der Waals surface area contributed by atoms with Crippen LogP contribution in [0, 0.1) is 0 Å². The number of rotatable bonds is 4. The Balaban J connectivity index is 2.09. The third-order valence-corrected chi connectivity index (χ3v) is 4.12. The minimum atomic E-state index is 0.433. The Morgan fingerprint density at radius 2 is 2.06 bits per heavy atom. The van der Waals surface area contributed by atoms with E-state index in [-0.39, 0.29) is 0 Å². The Morgan fingerprint density at radius 1 is 1.22 bits per heavy atom. The lowest BCUT2D eigenvalue weighted by Crippen LogP contribution is -2.29. The molecular weight excluding hydrogens is 242 g/mol. The molecule has 1 aliphatic carbocycles. The summed E-state index contributed by atoms with van der Waals surface area (Å²) in [4.78, 5) is 0. The first-order chi connectivity index (χ1) is 8.81. The average Bonchev–Trinajstić information content (AvgIpc) is 2.67. The zero-order valence-corrected chi connectivity index (χ0v) is 11.8. The fourth-order valence-corrected chi connectivity index (χ4v) is 2.87. The summed E-state index contributed by atoms with van der Waals surface area (Å²) in [5.41, 5.74) is 2.80. The van der Waals surface area contributed by atoms with E-state index in [9.17, 15) is 0 Å². The molecule has 2 heteroatoms. The number of halogens is 1. The minimum Gasteiger partial charge on any atom is -0.313 e. The van der Waals surface area contributed by atoms with Gasteiger partial charge in [0.2, 0.25) is 0 Å². The van der Waals surface area contributed by atoms with Gasteiger partial charge < -0.3 is 5.32 Å². The molecule has 1 aromatic rings. The summed E-state index contributed by atoms with van der Waals surface area (Å²) < 4.78 is 0. The molecular formula is C16H22ClN. The highest BCUT2D eigenvalue weighted by Gasteiger charge is 2.15. The number of allylic oxidation sites excluding steroid dienone is 1. The van der Waals surface area contributed by atoms with Gasteiger partial charge in [-0.1, -0.05) is 47.9 Å². The lowest BCUT2D eigenvalue weighted by Gasteiger charge is -2.20. The number of hydrogen-bond acceptors (Lipinski definition) is 1. The van der Waals surface area contributed by atoms with E-state index in [1.54, 1.807) is 5.57 Å². The van der Waals surface area contributed by atoms with E-state index in [0.29, 0.717) is 6.04 Å². The highest BCUT2D eigenvalue weighted by molar-refractivity contribution is 6.31. The maximum Gasteiger partial charge on any atom is 0.0438 e. The van der Waals surface area contributed by atoms with Crippen LogP contribution in [0.4, 0.5) is 0 Å². The molecule has 1 aliphatic rings. The summed E-state index contributed by atoms with van der Waals surface area (Å²) in [6, 6.07) is 8.60. The Bertz CT molecular complexity index is 411. The summed E-state index contributed by atoms with van der Waals surface area (Å²) in [6.07, 6.45) is 9.92. The number of likely N-dealkylation sites (N-methyl/N-ethyl adjacent to an activating group) is 1. The van der Waals surface area contributed by atoms with Crippen LogP contribution in [0.3, 0.4) is 0 Å². The van der Waals surface area contributed by atoms with Crippen molar-refractivity contribution in [2.75, 3.05) is 7.05 Å². The van der Waals surface area contributed by atoms with Gasteiger partial charge in [0.05, 0.1) is 0 Å². The molecule has 1 unspecified atom stereocenters. The highest BCUT2D eigenvalue weighted by atomic mass is 35.5. The predicted octanol–water partition coefficient (Wildman–Crippen LogP) is 4.36. The van der Waals surface area contributed by atoms with Crippen molar-refractivity contribution in [1.82, 2.24) is 5.32 Å². The normalized spacial score (nSPS) is 18.0. The fraction of sp³-hybridized carbons (Fsp3) is 0.500. The van der Waals surface area contributed by atoms with E-state index in [4.69, 9.17) is 11.6 Å². The van der Waals surface area contributed by atoms with Gasteiger partial charge in [-0.05, 0) is 50.8 Å². The van der Waals surface area contributed by atoms with E-state index in [1.165, 1.54) is 37.7 Å². The van der Waals surface area contributed by atoms with Crippen LogP contribution in [0.1, 0.15) is 37.7 Å². The van der Waals surface area contributed by atoms with Crippen LogP contribution in [0.25, 0.3) is 0 Å². The second-order valence-electron chi connectivity index (χ2n) is 5.02. The van der Waals surface area contributed by atoms with Crippen LogP contribution in [-0.2, 0) is 6.42 Å². The molecule has 0 saturated heterocycles.